The maximum atomic E-state index is 13.7. The van der Waals surface area contributed by atoms with Crippen LogP contribution in [0.15, 0.2) is 54.6 Å². The Morgan fingerprint density at radius 2 is 1.33 bits per heavy atom. The quantitative estimate of drug-likeness (QED) is 0.589. The maximum Gasteiger partial charge on any atom is 0.254 e. The molecule has 2 aliphatic rings. The van der Waals surface area contributed by atoms with Gasteiger partial charge in [-0.3, -0.25) is 14.4 Å². The Bertz CT molecular complexity index is 1020. The summed E-state index contributed by atoms with van der Waals surface area (Å²) in [5.41, 5.74) is 5.49. The third-order valence-corrected chi connectivity index (χ3v) is 7.12. The number of likely N-dealkylation sites (N-methyl/N-ethyl adjacent to an activating group) is 1. The number of nitrogens with one attached hydrogen (secondary N) is 2. The van der Waals surface area contributed by atoms with Gasteiger partial charge in [0.2, 0.25) is 5.91 Å². The summed E-state index contributed by atoms with van der Waals surface area (Å²) in [6, 6.07) is 16.3. The minimum atomic E-state index is -1.04. The zero-order valence-corrected chi connectivity index (χ0v) is 19.1. The number of hydrogen-bond donors (Lipinski definition) is 3. The van der Waals surface area contributed by atoms with Crippen LogP contribution in [0.25, 0.3) is 0 Å². The number of anilines is 2. The topological polar surface area (TPSA) is 105 Å². The van der Waals surface area contributed by atoms with Crippen LogP contribution in [0, 0.1) is 0 Å². The van der Waals surface area contributed by atoms with Crippen molar-refractivity contribution < 1.29 is 14.4 Å². The van der Waals surface area contributed by atoms with Crippen molar-refractivity contribution in [3.05, 3.63) is 60.2 Å². The van der Waals surface area contributed by atoms with Crippen LogP contribution in [0.5, 0.6) is 0 Å². The fourth-order valence-electron chi connectivity index (χ4n) is 5.17. The fraction of sp³-hybridized carbons (Fsp3) is 0.423. The first kappa shape index (κ1) is 22.8. The molecule has 0 atom stereocenters. The van der Waals surface area contributed by atoms with Gasteiger partial charge in [0.1, 0.15) is 11.1 Å². The third-order valence-electron chi connectivity index (χ3n) is 7.12. The van der Waals surface area contributed by atoms with E-state index in [4.69, 9.17) is 5.73 Å². The van der Waals surface area contributed by atoms with E-state index < -0.39 is 11.1 Å². The number of benzene rings is 2. The van der Waals surface area contributed by atoms with Crippen molar-refractivity contribution in [2.45, 2.75) is 62.4 Å². The molecule has 3 amide bonds. The Morgan fingerprint density at radius 1 is 0.788 bits per heavy atom. The van der Waals surface area contributed by atoms with Crippen LogP contribution in [-0.2, 0) is 9.59 Å². The number of nitrogens with two attached hydrogens (primary N) is 1. The van der Waals surface area contributed by atoms with Gasteiger partial charge in [0.25, 0.3) is 11.8 Å². The minimum absolute atomic E-state index is 0.119. The van der Waals surface area contributed by atoms with E-state index in [1.165, 1.54) is 0 Å². The van der Waals surface area contributed by atoms with Crippen LogP contribution < -0.4 is 21.3 Å². The first-order valence-corrected chi connectivity index (χ1v) is 11.7. The fourth-order valence-corrected chi connectivity index (χ4v) is 5.17. The summed E-state index contributed by atoms with van der Waals surface area (Å²) in [5, 5.41) is 6.11. The summed E-state index contributed by atoms with van der Waals surface area (Å²) >= 11 is 0. The molecule has 0 saturated heterocycles. The van der Waals surface area contributed by atoms with Crippen molar-refractivity contribution in [1.82, 2.24) is 10.6 Å². The second-order valence-corrected chi connectivity index (χ2v) is 9.27. The maximum absolute atomic E-state index is 13.7. The van der Waals surface area contributed by atoms with Crippen LogP contribution in [-0.4, -0.2) is 35.8 Å². The van der Waals surface area contributed by atoms with Gasteiger partial charge >= 0.3 is 0 Å². The Kier molecular flexibility index (Phi) is 6.40. The molecule has 4 N–H and O–H groups in total. The molecule has 4 rings (SSSR count). The first-order valence-electron chi connectivity index (χ1n) is 11.7. The number of rotatable bonds is 6. The highest BCUT2D eigenvalue weighted by atomic mass is 16.2. The lowest BCUT2D eigenvalue weighted by Crippen LogP contribution is -2.65. The van der Waals surface area contributed by atoms with Crippen LogP contribution in [0.3, 0.4) is 0 Å². The highest BCUT2D eigenvalue weighted by molar-refractivity contribution is 6.05. The lowest BCUT2D eigenvalue weighted by atomic mass is 9.90. The predicted octanol–water partition coefficient (Wildman–Crippen LogP) is 3.40. The monoisotopic (exact) mass is 448 g/mol. The van der Waals surface area contributed by atoms with E-state index in [1.807, 2.05) is 30.3 Å². The molecule has 0 spiro atoms. The van der Waals surface area contributed by atoms with Gasteiger partial charge in [-0.2, -0.15) is 0 Å². The summed E-state index contributed by atoms with van der Waals surface area (Å²) in [6.07, 6.45) is 5.66. The normalized spacial score (nSPS) is 18.5. The van der Waals surface area contributed by atoms with E-state index in [0.717, 1.165) is 31.4 Å². The molecule has 0 aromatic heterocycles. The summed E-state index contributed by atoms with van der Waals surface area (Å²) in [7, 11) is 1.75. The molecule has 2 aromatic rings. The van der Waals surface area contributed by atoms with E-state index in [-0.39, 0.29) is 17.7 Å². The van der Waals surface area contributed by atoms with Crippen LogP contribution in [0.2, 0.25) is 0 Å². The van der Waals surface area contributed by atoms with Crippen LogP contribution >= 0.6 is 0 Å². The van der Waals surface area contributed by atoms with Gasteiger partial charge in [0, 0.05) is 18.4 Å². The number of nitrogen functional groups attached to an aromatic ring is 1. The Hall–Kier alpha value is -3.35. The van der Waals surface area contributed by atoms with Gasteiger partial charge in [0.05, 0.1) is 5.56 Å². The zero-order chi connectivity index (χ0) is 23.5. The van der Waals surface area contributed by atoms with Gasteiger partial charge < -0.3 is 21.3 Å². The predicted molar refractivity (Wildman–Crippen MR) is 129 cm³/mol. The Balaban J connectivity index is 1.57. The van der Waals surface area contributed by atoms with Crippen molar-refractivity contribution in [1.29, 1.82) is 0 Å². The number of carbonyl (C=O) groups is 3. The molecule has 2 fully saturated rings. The minimum Gasteiger partial charge on any atom is -0.398 e. The molecule has 0 bridgehead atoms. The SMILES string of the molecule is CN(C(=O)C1(NC(=O)C2(NC(=O)c3ccccc3N)CCCC2)CCCC1)c1ccccc1. The summed E-state index contributed by atoms with van der Waals surface area (Å²) in [6.45, 7) is 0. The molecular weight excluding hydrogens is 416 g/mol. The third kappa shape index (κ3) is 4.45. The molecule has 2 aliphatic carbocycles. The molecular formula is C26H32N4O3. The lowest BCUT2D eigenvalue weighted by molar-refractivity contribution is -0.135. The van der Waals surface area contributed by atoms with Crippen LogP contribution in [0.1, 0.15) is 61.7 Å². The van der Waals surface area contributed by atoms with Gasteiger partial charge in [-0.1, -0.05) is 56.0 Å². The Morgan fingerprint density at radius 3 is 1.94 bits per heavy atom. The van der Waals surface area contributed by atoms with Crippen LogP contribution in [0.4, 0.5) is 11.4 Å². The highest BCUT2D eigenvalue weighted by Gasteiger charge is 2.50. The van der Waals surface area contributed by atoms with E-state index in [0.29, 0.717) is 36.9 Å². The van der Waals surface area contributed by atoms with Gasteiger partial charge in [0.15, 0.2) is 0 Å². The molecule has 7 nitrogen and oxygen atoms in total. The number of carbonyl (C=O) groups excluding carboxylic acids is 3. The standard InChI is InChI=1S/C26H32N4O3/c1-30(19-11-3-2-4-12-19)24(33)26(17-9-10-18-26)29-23(32)25(15-7-8-16-25)28-22(31)20-13-5-6-14-21(20)27/h2-6,11-14H,7-10,15-18,27H2,1H3,(H,28,31)(H,29,32). The van der Waals surface area contributed by atoms with E-state index >= 15 is 0 Å². The molecule has 7 heteroatoms. The van der Waals surface area contributed by atoms with E-state index in [1.54, 1.807) is 36.2 Å². The van der Waals surface area contributed by atoms with Crippen molar-refractivity contribution in [3.63, 3.8) is 0 Å². The number of hydrogen-bond acceptors (Lipinski definition) is 4. The number of nitrogens with zero attached hydrogens (tertiary/aromatic N) is 1. The second-order valence-electron chi connectivity index (χ2n) is 9.27. The summed E-state index contributed by atoms with van der Waals surface area (Å²) in [5.74, 6) is -0.760. The highest BCUT2D eigenvalue weighted by Crippen LogP contribution is 2.36. The molecule has 0 unspecified atom stereocenters. The summed E-state index contributed by atoms with van der Waals surface area (Å²) in [4.78, 5) is 42.0. The van der Waals surface area contributed by atoms with E-state index in [9.17, 15) is 14.4 Å². The molecule has 2 saturated carbocycles. The average molecular weight is 449 g/mol. The molecule has 33 heavy (non-hydrogen) atoms. The van der Waals surface area contributed by atoms with Crippen molar-refractivity contribution in [2.24, 2.45) is 0 Å². The van der Waals surface area contributed by atoms with Gasteiger partial charge in [-0.25, -0.2) is 0 Å². The smallest absolute Gasteiger partial charge is 0.254 e. The molecule has 0 aliphatic heterocycles. The lowest BCUT2D eigenvalue weighted by Gasteiger charge is -2.37. The molecule has 0 heterocycles. The second kappa shape index (κ2) is 9.25. The molecule has 174 valence electrons. The van der Waals surface area contributed by atoms with Crippen molar-refractivity contribution in [3.8, 4) is 0 Å². The Labute approximate surface area is 194 Å². The van der Waals surface area contributed by atoms with Gasteiger partial charge in [-0.15, -0.1) is 0 Å². The van der Waals surface area contributed by atoms with Crippen molar-refractivity contribution in [2.75, 3.05) is 17.7 Å². The van der Waals surface area contributed by atoms with Crippen molar-refractivity contribution >= 4 is 29.1 Å². The molecule has 0 radical (unpaired) electrons. The zero-order valence-electron chi connectivity index (χ0n) is 19.1. The first-order chi connectivity index (χ1) is 15.9. The summed E-state index contributed by atoms with van der Waals surface area (Å²) < 4.78 is 0. The molecule has 2 aromatic carbocycles. The number of amides is 3. The average Bonchev–Trinajstić information content (AvgIpc) is 3.50. The van der Waals surface area contributed by atoms with E-state index in [2.05, 4.69) is 10.6 Å². The van der Waals surface area contributed by atoms with Gasteiger partial charge in [-0.05, 0) is 49.9 Å². The largest absolute Gasteiger partial charge is 0.398 e. The number of para-hydroxylation sites is 2.